The molecule has 0 radical (unpaired) electrons. The van der Waals surface area contributed by atoms with Gasteiger partial charge < -0.3 is 5.32 Å². The molecule has 0 atom stereocenters. The van der Waals surface area contributed by atoms with E-state index in [0.29, 0.717) is 4.90 Å². The monoisotopic (exact) mass is 199 g/mol. The molecule has 0 spiro atoms. The van der Waals surface area contributed by atoms with Crippen LogP contribution in [0.15, 0.2) is 23.1 Å². The van der Waals surface area contributed by atoms with Crippen LogP contribution in [0.5, 0.6) is 0 Å². The summed E-state index contributed by atoms with van der Waals surface area (Å²) in [4.78, 5) is 0.696. The van der Waals surface area contributed by atoms with Crippen LogP contribution in [0, 0.1) is 5.82 Å². The van der Waals surface area contributed by atoms with Crippen LogP contribution in [0.4, 0.5) is 10.1 Å². The summed E-state index contributed by atoms with van der Waals surface area (Å²) in [5.41, 5.74) is 0.858. The average Bonchev–Trinajstić information content (AvgIpc) is 2.15. The summed E-state index contributed by atoms with van der Waals surface area (Å²) in [5, 5.41) is 3.14. The maximum absolute atomic E-state index is 13.2. The molecule has 1 nitrogen and oxygen atoms in total. The Kier molecular flexibility index (Phi) is 4.09. The summed E-state index contributed by atoms with van der Waals surface area (Å²) in [6.07, 6.45) is 2.92. The molecule has 72 valence electrons. The van der Waals surface area contributed by atoms with Gasteiger partial charge in [0.1, 0.15) is 5.82 Å². The van der Waals surface area contributed by atoms with Gasteiger partial charge >= 0.3 is 0 Å². The number of thioether (sulfide) groups is 1. The van der Waals surface area contributed by atoms with Crippen LogP contribution < -0.4 is 5.32 Å². The van der Waals surface area contributed by atoms with Crippen molar-refractivity contribution in [2.45, 2.75) is 18.2 Å². The lowest BCUT2D eigenvalue weighted by atomic mass is 10.3. The second-order valence-corrected chi connectivity index (χ2v) is 3.62. The molecule has 0 aliphatic heterocycles. The van der Waals surface area contributed by atoms with Crippen molar-refractivity contribution in [1.29, 1.82) is 0 Å². The molecule has 0 fully saturated rings. The quantitative estimate of drug-likeness (QED) is 0.746. The van der Waals surface area contributed by atoms with Gasteiger partial charge in [-0.05, 0) is 30.9 Å². The van der Waals surface area contributed by atoms with Crippen molar-refractivity contribution in [3.63, 3.8) is 0 Å². The maximum atomic E-state index is 13.2. The Morgan fingerprint density at radius 3 is 2.77 bits per heavy atom. The molecule has 13 heavy (non-hydrogen) atoms. The Morgan fingerprint density at radius 2 is 2.23 bits per heavy atom. The SMILES string of the molecule is CCCNc1ccc(SC)c(F)c1. The molecule has 0 heterocycles. The number of hydrogen-bond acceptors (Lipinski definition) is 2. The number of nitrogens with one attached hydrogen (secondary N) is 1. The highest BCUT2D eigenvalue weighted by atomic mass is 32.2. The van der Waals surface area contributed by atoms with E-state index in [9.17, 15) is 4.39 Å². The molecule has 0 saturated heterocycles. The molecule has 0 unspecified atom stereocenters. The van der Waals surface area contributed by atoms with Crippen molar-refractivity contribution >= 4 is 17.4 Å². The molecule has 1 aromatic rings. The highest BCUT2D eigenvalue weighted by Crippen LogP contribution is 2.21. The van der Waals surface area contributed by atoms with E-state index >= 15 is 0 Å². The maximum Gasteiger partial charge on any atom is 0.138 e. The average molecular weight is 199 g/mol. The first-order chi connectivity index (χ1) is 6.27. The van der Waals surface area contributed by atoms with Crippen LogP contribution in [0.25, 0.3) is 0 Å². The highest BCUT2D eigenvalue weighted by molar-refractivity contribution is 7.98. The standard InChI is InChI=1S/C10H14FNS/c1-3-6-12-8-4-5-10(13-2)9(11)7-8/h4-5,7,12H,3,6H2,1-2H3. The fraction of sp³-hybridized carbons (Fsp3) is 0.400. The van der Waals surface area contributed by atoms with Crippen molar-refractivity contribution in [3.8, 4) is 0 Å². The summed E-state index contributed by atoms with van der Waals surface area (Å²) in [5.74, 6) is -0.145. The second kappa shape index (κ2) is 5.12. The summed E-state index contributed by atoms with van der Waals surface area (Å²) in [6, 6.07) is 5.25. The van der Waals surface area contributed by atoms with E-state index in [1.54, 1.807) is 12.1 Å². The molecular weight excluding hydrogens is 185 g/mol. The lowest BCUT2D eigenvalue weighted by Gasteiger charge is -2.05. The van der Waals surface area contributed by atoms with Crippen LogP contribution in [-0.2, 0) is 0 Å². The van der Waals surface area contributed by atoms with E-state index in [2.05, 4.69) is 12.2 Å². The molecule has 0 bridgehead atoms. The molecule has 0 amide bonds. The zero-order valence-corrected chi connectivity index (χ0v) is 8.75. The molecule has 0 aliphatic rings. The third kappa shape index (κ3) is 2.92. The van der Waals surface area contributed by atoms with Crippen molar-refractivity contribution in [3.05, 3.63) is 24.0 Å². The van der Waals surface area contributed by atoms with Gasteiger partial charge in [-0.15, -0.1) is 11.8 Å². The zero-order valence-electron chi connectivity index (χ0n) is 7.93. The highest BCUT2D eigenvalue weighted by Gasteiger charge is 2.00. The smallest absolute Gasteiger partial charge is 0.138 e. The summed E-state index contributed by atoms with van der Waals surface area (Å²) >= 11 is 1.43. The predicted molar refractivity (Wildman–Crippen MR) is 57.0 cm³/mol. The molecule has 0 aromatic heterocycles. The fourth-order valence-electron chi connectivity index (χ4n) is 1.05. The third-order valence-corrected chi connectivity index (χ3v) is 2.50. The third-order valence-electron chi connectivity index (χ3n) is 1.73. The van der Waals surface area contributed by atoms with Crippen LogP contribution in [-0.4, -0.2) is 12.8 Å². The fourth-order valence-corrected chi connectivity index (χ4v) is 1.50. The molecular formula is C10H14FNS. The van der Waals surface area contributed by atoms with Crippen LogP contribution in [0.3, 0.4) is 0 Å². The van der Waals surface area contributed by atoms with E-state index < -0.39 is 0 Å². The first-order valence-electron chi connectivity index (χ1n) is 4.35. The zero-order chi connectivity index (χ0) is 9.68. The Labute approximate surface area is 82.7 Å². The van der Waals surface area contributed by atoms with Gasteiger partial charge in [-0.3, -0.25) is 0 Å². The summed E-state index contributed by atoms with van der Waals surface area (Å²) in [6.45, 7) is 2.97. The first-order valence-corrected chi connectivity index (χ1v) is 5.57. The Balaban J connectivity index is 2.71. The molecule has 0 saturated carbocycles. The predicted octanol–water partition coefficient (Wildman–Crippen LogP) is 3.37. The van der Waals surface area contributed by atoms with Crippen LogP contribution >= 0.6 is 11.8 Å². The van der Waals surface area contributed by atoms with E-state index in [1.807, 2.05) is 12.3 Å². The van der Waals surface area contributed by atoms with Gasteiger partial charge in [0.25, 0.3) is 0 Å². The number of benzene rings is 1. The second-order valence-electron chi connectivity index (χ2n) is 2.78. The van der Waals surface area contributed by atoms with Gasteiger partial charge in [-0.2, -0.15) is 0 Å². The molecule has 0 aliphatic carbocycles. The Hall–Kier alpha value is -0.700. The van der Waals surface area contributed by atoms with E-state index in [-0.39, 0.29) is 5.82 Å². The Morgan fingerprint density at radius 1 is 1.46 bits per heavy atom. The lowest BCUT2D eigenvalue weighted by Crippen LogP contribution is -1.99. The van der Waals surface area contributed by atoms with Crippen molar-refractivity contribution in [1.82, 2.24) is 0 Å². The topological polar surface area (TPSA) is 12.0 Å². The minimum Gasteiger partial charge on any atom is -0.385 e. The van der Waals surface area contributed by atoms with Crippen LogP contribution in [0.1, 0.15) is 13.3 Å². The van der Waals surface area contributed by atoms with E-state index in [0.717, 1.165) is 18.7 Å². The van der Waals surface area contributed by atoms with Crippen molar-refractivity contribution < 1.29 is 4.39 Å². The lowest BCUT2D eigenvalue weighted by molar-refractivity contribution is 0.602. The molecule has 1 rings (SSSR count). The number of anilines is 1. The number of halogens is 1. The summed E-state index contributed by atoms with van der Waals surface area (Å²) < 4.78 is 13.2. The van der Waals surface area contributed by atoms with E-state index in [4.69, 9.17) is 0 Å². The molecule has 1 N–H and O–H groups in total. The van der Waals surface area contributed by atoms with Crippen LogP contribution in [0.2, 0.25) is 0 Å². The minimum absolute atomic E-state index is 0.145. The minimum atomic E-state index is -0.145. The van der Waals surface area contributed by atoms with Crippen molar-refractivity contribution in [2.75, 3.05) is 18.1 Å². The largest absolute Gasteiger partial charge is 0.385 e. The summed E-state index contributed by atoms with van der Waals surface area (Å²) in [7, 11) is 0. The number of rotatable bonds is 4. The van der Waals surface area contributed by atoms with Gasteiger partial charge in [-0.25, -0.2) is 4.39 Å². The van der Waals surface area contributed by atoms with Crippen molar-refractivity contribution in [2.24, 2.45) is 0 Å². The van der Waals surface area contributed by atoms with Gasteiger partial charge in [0.05, 0.1) is 0 Å². The van der Waals surface area contributed by atoms with Gasteiger partial charge in [0.2, 0.25) is 0 Å². The first kappa shape index (κ1) is 10.4. The molecule has 3 heteroatoms. The van der Waals surface area contributed by atoms with Gasteiger partial charge in [0.15, 0.2) is 0 Å². The normalized spacial score (nSPS) is 10.1. The van der Waals surface area contributed by atoms with Gasteiger partial charge in [-0.1, -0.05) is 6.92 Å². The number of hydrogen-bond donors (Lipinski definition) is 1. The Bertz CT molecular complexity index is 276. The van der Waals surface area contributed by atoms with E-state index in [1.165, 1.54) is 11.8 Å². The molecule has 1 aromatic carbocycles. The van der Waals surface area contributed by atoms with Gasteiger partial charge in [0, 0.05) is 17.1 Å².